The summed E-state index contributed by atoms with van der Waals surface area (Å²) >= 11 is 2.25. The molecule has 18 heavy (non-hydrogen) atoms. The predicted molar refractivity (Wildman–Crippen MR) is 85.3 cm³/mol. The van der Waals surface area contributed by atoms with E-state index in [-0.39, 0.29) is 18.3 Å². The normalized spacial score (nSPS) is 18.2. The lowest BCUT2D eigenvalue weighted by Crippen LogP contribution is -2.23. The van der Waals surface area contributed by atoms with Gasteiger partial charge in [0.15, 0.2) is 0 Å². The average molecular weight is 381 g/mol. The van der Waals surface area contributed by atoms with E-state index in [1.165, 1.54) is 16.4 Å². The Labute approximate surface area is 128 Å². The Morgan fingerprint density at radius 3 is 2.72 bits per heavy atom. The molecule has 1 aromatic carbocycles. The Kier molecular flexibility index (Phi) is 6.96. The zero-order valence-electron chi connectivity index (χ0n) is 10.1. The number of hydrogen-bond donors (Lipinski definition) is 2. The van der Waals surface area contributed by atoms with Crippen molar-refractivity contribution in [2.24, 2.45) is 0 Å². The first-order valence-corrected chi connectivity index (χ1v) is 7.11. The molecule has 0 saturated carbocycles. The molecule has 5 heteroatoms. The number of anilines is 1. The van der Waals surface area contributed by atoms with Gasteiger partial charge in [-0.25, -0.2) is 0 Å². The lowest BCUT2D eigenvalue weighted by Gasteiger charge is -2.10. The molecule has 1 atom stereocenters. The Balaban J connectivity index is 0.00000162. The minimum absolute atomic E-state index is 0. The number of hydrogen-bond acceptors (Lipinski definition) is 2. The van der Waals surface area contributed by atoms with Gasteiger partial charge in [-0.2, -0.15) is 0 Å². The van der Waals surface area contributed by atoms with Gasteiger partial charge in [0.05, 0.1) is 0 Å². The van der Waals surface area contributed by atoms with E-state index in [1.807, 2.05) is 24.3 Å². The summed E-state index contributed by atoms with van der Waals surface area (Å²) in [5.41, 5.74) is 0.884. The van der Waals surface area contributed by atoms with Gasteiger partial charge in [-0.1, -0.05) is 0 Å². The predicted octanol–water partition coefficient (Wildman–Crippen LogP) is 3.18. The van der Waals surface area contributed by atoms with E-state index in [1.54, 1.807) is 0 Å². The van der Waals surface area contributed by atoms with Crippen LogP contribution >= 0.6 is 35.0 Å². The molecule has 3 nitrogen and oxygen atoms in total. The van der Waals surface area contributed by atoms with Gasteiger partial charge in [-0.15, -0.1) is 12.4 Å². The summed E-state index contributed by atoms with van der Waals surface area (Å²) in [4.78, 5) is 11.7. The monoisotopic (exact) mass is 380 g/mol. The Hall–Kier alpha value is -0.330. The summed E-state index contributed by atoms with van der Waals surface area (Å²) in [6.07, 6.45) is 3.99. The zero-order chi connectivity index (χ0) is 12.1. The number of rotatable bonds is 4. The van der Waals surface area contributed by atoms with Crippen molar-refractivity contribution >= 4 is 46.6 Å². The Bertz CT molecular complexity index is 377. The highest BCUT2D eigenvalue weighted by Crippen LogP contribution is 2.14. The van der Waals surface area contributed by atoms with Gasteiger partial charge in [0.25, 0.3) is 0 Å². The molecule has 1 aliphatic heterocycles. The Morgan fingerprint density at radius 1 is 1.39 bits per heavy atom. The summed E-state index contributed by atoms with van der Waals surface area (Å²) in [7, 11) is 0. The lowest BCUT2D eigenvalue weighted by molar-refractivity contribution is -0.116. The summed E-state index contributed by atoms with van der Waals surface area (Å²) in [5.74, 6) is 0.111. The number of carbonyl (C=O) groups is 1. The second kappa shape index (κ2) is 7.96. The van der Waals surface area contributed by atoms with Crippen LogP contribution in [0.5, 0.6) is 0 Å². The fraction of sp³-hybridized carbons (Fsp3) is 0.462. The number of halogens is 2. The van der Waals surface area contributed by atoms with Crippen LogP contribution in [0.3, 0.4) is 0 Å². The van der Waals surface area contributed by atoms with E-state index in [0.29, 0.717) is 12.5 Å². The van der Waals surface area contributed by atoms with E-state index in [4.69, 9.17) is 0 Å². The van der Waals surface area contributed by atoms with Gasteiger partial charge in [0.1, 0.15) is 0 Å². The molecule has 0 radical (unpaired) electrons. The van der Waals surface area contributed by atoms with Crippen LogP contribution in [0.2, 0.25) is 0 Å². The molecule has 0 bridgehead atoms. The third-order valence-electron chi connectivity index (χ3n) is 3.01. The van der Waals surface area contributed by atoms with E-state index in [9.17, 15) is 4.79 Å². The Morgan fingerprint density at radius 2 is 2.11 bits per heavy atom. The van der Waals surface area contributed by atoms with Gasteiger partial charge in [-0.05, 0) is 72.7 Å². The zero-order valence-corrected chi connectivity index (χ0v) is 13.1. The smallest absolute Gasteiger partial charge is 0.224 e. The van der Waals surface area contributed by atoms with E-state index in [0.717, 1.165) is 18.7 Å². The van der Waals surface area contributed by atoms with Crippen LogP contribution in [0, 0.1) is 3.57 Å². The minimum Gasteiger partial charge on any atom is -0.326 e. The van der Waals surface area contributed by atoms with Crippen molar-refractivity contribution in [1.82, 2.24) is 5.32 Å². The molecule has 1 unspecified atom stereocenters. The highest BCUT2D eigenvalue weighted by molar-refractivity contribution is 14.1. The standard InChI is InChI=1S/C13H17IN2O.ClH/c14-10-3-5-12(6-4-10)16-13(17)8-7-11-2-1-9-15-11;/h3-6,11,15H,1-2,7-9H2,(H,16,17);1H. The summed E-state index contributed by atoms with van der Waals surface area (Å²) in [6.45, 7) is 1.10. The summed E-state index contributed by atoms with van der Waals surface area (Å²) in [6, 6.07) is 8.40. The molecule has 2 N–H and O–H groups in total. The van der Waals surface area contributed by atoms with Crippen molar-refractivity contribution in [2.45, 2.75) is 31.7 Å². The lowest BCUT2D eigenvalue weighted by atomic mass is 10.1. The third-order valence-corrected chi connectivity index (χ3v) is 3.73. The van der Waals surface area contributed by atoms with Crippen LogP contribution in [0.15, 0.2) is 24.3 Å². The van der Waals surface area contributed by atoms with Crippen LogP contribution < -0.4 is 10.6 Å². The average Bonchev–Trinajstić information content (AvgIpc) is 2.83. The molecular weight excluding hydrogens is 363 g/mol. The van der Waals surface area contributed by atoms with Gasteiger partial charge in [-0.3, -0.25) is 4.79 Å². The van der Waals surface area contributed by atoms with Crippen molar-refractivity contribution in [3.05, 3.63) is 27.8 Å². The number of nitrogens with one attached hydrogen (secondary N) is 2. The number of amides is 1. The SMILES string of the molecule is Cl.O=C(CCC1CCCN1)Nc1ccc(I)cc1. The molecule has 1 aliphatic rings. The molecule has 0 aromatic heterocycles. The van der Waals surface area contributed by atoms with Gasteiger partial charge in [0.2, 0.25) is 5.91 Å². The van der Waals surface area contributed by atoms with Gasteiger partial charge < -0.3 is 10.6 Å². The maximum atomic E-state index is 11.7. The maximum Gasteiger partial charge on any atom is 0.224 e. The molecule has 1 heterocycles. The van der Waals surface area contributed by atoms with E-state index in [2.05, 4.69) is 33.2 Å². The van der Waals surface area contributed by atoms with Crippen LogP contribution in [-0.2, 0) is 4.79 Å². The fourth-order valence-corrected chi connectivity index (χ4v) is 2.42. The summed E-state index contributed by atoms with van der Waals surface area (Å²) in [5, 5.41) is 6.33. The first kappa shape index (κ1) is 15.7. The van der Waals surface area contributed by atoms with Crippen LogP contribution in [-0.4, -0.2) is 18.5 Å². The van der Waals surface area contributed by atoms with E-state index >= 15 is 0 Å². The number of carbonyl (C=O) groups excluding carboxylic acids is 1. The molecule has 0 aliphatic carbocycles. The van der Waals surface area contributed by atoms with Crippen molar-refractivity contribution in [1.29, 1.82) is 0 Å². The largest absolute Gasteiger partial charge is 0.326 e. The van der Waals surface area contributed by atoms with Crippen molar-refractivity contribution in [3.63, 3.8) is 0 Å². The van der Waals surface area contributed by atoms with Crippen LogP contribution in [0.1, 0.15) is 25.7 Å². The maximum absolute atomic E-state index is 11.7. The summed E-state index contributed by atoms with van der Waals surface area (Å²) < 4.78 is 1.18. The molecule has 1 saturated heterocycles. The fourth-order valence-electron chi connectivity index (χ4n) is 2.07. The van der Waals surface area contributed by atoms with Gasteiger partial charge in [0, 0.05) is 21.7 Å². The second-order valence-electron chi connectivity index (χ2n) is 4.39. The molecule has 2 rings (SSSR count). The van der Waals surface area contributed by atoms with Gasteiger partial charge >= 0.3 is 0 Å². The molecule has 0 spiro atoms. The molecule has 1 amide bonds. The van der Waals surface area contributed by atoms with Crippen LogP contribution in [0.25, 0.3) is 0 Å². The topological polar surface area (TPSA) is 41.1 Å². The third kappa shape index (κ3) is 5.12. The quantitative estimate of drug-likeness (QED) is 0.788. The molecular formula is C13H18ClIN2O. The van der Waals surface area contributed by atoms with Crippen molar-refractivity contribution < 1.29 is 4.79 Å². The van der Waals surface area contributed by atoms with Crippen LogP contribution in [0.4, 0.5) is 5.69 Å². The highest BCUT2D eigenvalue weighted by atomic mass is 127. The first-order chi connectivity index (χ1) is 8.24. The number of benzene rings is 1. The second-order valence-corrected chi connectivity index (χ2v) is 5.63. The van der Waals surface area contributed by atoms with Crippen molar-refractivity contribution in [2.75, 3.05) is 11.9 Å². The molecule has 1 fully saturated rings. The minimum atomic E-state index is 0. The van der Waals surface area contributed by atoms with E-state index < -0.39 is 0 Å². The van der Waals surface area contributed by atoms with Crippen molar-refractivity contribution in [3.8, 4) is 0 Å². The molecule has 100 valence electrons. The molecule has 1 aromatic rings. The first-order valence-electron chi connectivity index (χ1n) is 6.03. The highest BCUT2D eigenvalue weighted by Gasteiger charge is 2.15.